The summed E-state index contributed by atoms with van der Waals surface area (Å²) in [7, 11) is 0. The van der Waals surface area contributed by atoms with Gasteiger partial charge in [-0.2, -0.15) is 0 Å². The highest BCUT2D eigenvalue weighted by atomic mass is 16.5. The van der Waals surface area contributed by atoms with Gasteiger partial charge in [-0.3, -0.25) is 0 Å². The Bertz CT molecular complexity index is 845. The summed E-state index contributed by atoms with van der Waals surface area (Å²) >= 11 is 0. The van der Waals surface area contributed by atoms with Gasteiger partial charge in [0.2, 0.25) is 0 Å². The summed E-state index contributed by atoms with van der Waals surface area (Å²) in [6.45, 7) is 19.3. The van der Waals surface area contributed by atoms with E-state index in [0.29, 0.717) is 49.9 Å². The number of aryl methyl sites for hydroxylation is 3. The molecule has 222 valence electrons. The average molecular weight is 549 g/mol. The maximum absolute atomic E-state index is 11.7. The maximum Gasteiger partial charge on any atom is 0.333 e. The molecule has 0 radical (unpaired) electrons. The molecule has 1 aromatic rings. The first-order chi connectivity index (χ1) is 18.6. The van der Waals surface area contributed by atoms with E-state index in [9.17, 15) is 19.8 Å². The molecule has 7 heteroatoms. The molecular formula is C32H52O7. The van der Waals surface area contributed by atoms with Gasteiger partial charge >= 0.3 is 11.9 Å². The number of hydrogen-bond acceptors (Lipinski definition) is 7. The van der Waals surface area contributed by atoms with Gasteiger partial charge in [-0.15, -0.1) is 0 Å². The Balaban J connectivity index is 0.00000704. The maximum atomic E-state index is 11.7. The third kappa shape index (κ3) is 13.8. The SMILES string of the molecule is C=C(C)C(=O)OCCCc1cc(C)cc(CCCOC(=O)C(=C)C)c1OCCC(CO)(CO)CCCC.CC. The zero-order valence-corrected chi connectivity index (χ0v) is 25.2. The zero-order valence-electron chi connectivity index (χ0n) is 25.2. The third-order valence-corrected chi connectivity index (χ3v) is 6.34. The van der Waals surface area contributed by atoms with Gasteiger partial charge in [0.05, 0.1) is 33.0 Å². The lowest BCUT2D eigenvalue weighted by atomic mass is 9.81. The summed E-state index contributed by atoms with van der Waals surface area (Å²) in [5.41, 5.74) is 3.26. The van der Waals surface area contributed by atoms with E-state index >= 15 is 0 Å². The van der Waals surface area contributed by atoms with Crippen LogP contribution in [-0.4, -0.2) is 55.2 Å². The number of hydrogen-bond donors (Lipinski definition) is 2. The highest BCUT2D eigenvalue weighted by Gasteiger charge is 2.28. The Morgan fingerprint density at radius 1 is 0.821 bits per heavy atom. The third-order valence-electron chi connectivity index (χ3n) is 6.34. The zero-order chi connectivity index (χ0) is 29.8. The first-order valence-electron chi connectivity index (χ1n) is 14.2. The molecule has 0 aromatic heterocycles. The van der Waals surface area contributed by atoms with E-state index in [2.05, 4.69) is 32.2 Å². The van der Waals surface area contributed by atoms with Gasteiger partial charge in [0, 0.05) is 16.6 Å². The van der Waals surface area contributed by atoms with Crippen LogP contribution in [0.25, 0.3) is 0 Å². The highest BCUT2D eigenvalue weighted by molar-refractivity contribution is 5.87. The Morgan fingerprint density at radius 2 is 1.28 bits per heavy atom. The predicted molar refractivity (Wildman–Crippen MR) is 157 cm³/mol. The molecule has 7 nitrogen and oxygen atoms in total. The van der Waals surface area contributed by atoms with Crippen molar-refractivity contribution in [1.82, 2.24) is 0 Å². The molecule has 1 aromatic carbocycles. The quantitative estimate of drug-likeness (QED) is 0.123. The number of ether oxygens (including phenoxy) is 3. The monoisotopic (exact) mass is 548 g/mol. The molecule has 1 rings (SSSR count). The Morgan fingerprint density at radius 3 is 1.67 bits per heavy atom. The number of carbonyl (C=O) groups is 2. The Labute approximate surface area is 236 Å². The van der Waals surface area contributed by atoms with Crippen molar-refractivity contribution in [2.24, 2.45) is 5.41 Å². The van der Waals surface area contributed by atoms with Gasteiger partial charge in [0.25, 0.3) is 0 Å². The molecule has 0 aliphatic carbocycles. The van der Waals surface area contributed by atoms with Gasteiger partial charge in [0.1, 0.15) is 5.75 Å². The summed E-state index contributed by atoms with van der Waals surface area (Å²) in [4.78, 5) is 23.4. The molecule has 39 heavy (non-hydrogen) atoms. The number of esters is 2. The standard InChI is InChI=1S/C30H46O7.C2H6/c1-7-8-13-30(20-31,21-32)14-17-35-27-25(11-9-15-36-28(33)22(2)3)18-24(6)19-26(27)12-10-16-37-29(34)23(4)5;1-2/h18-19,31-32H,2,4,7-17,20-21H2,1,3,5-6H3;1-2H3. The first kappa shape index (κ1) is 36.4. The van der Waals surface area contributed by atoms with Crippen LogP contribution in [0.4, 0.5) is 0 Å². The second kappa shape index (κ2) is 20.3. The molecule has 0 amide bonds. The van der Waals surface area contributed by atoms with Gasteiger partial charge in [-0.1, -0.05) is 64.5 Å². The van der Waals surface area contributed by atoms with Gasteiger partial charge in [-0.25, -0.2) is 9.59 Å². The van der Waals surface area contributed by atoms with Crippen LogP contribution in [0.1, 0.15) is 89.8 Å². The van der Waals surface area contributed by atoms with Gasteiger partial charge in [-0.05, 0) is 70.4 Å². The minimum absolute atomic E-state index is 0.0946. The lowest BCUT2D eigenvalue weighted by Crippen LogP contribution is -2.32. The molecule has 0 spiro atoms. The number of carbonyl (C=O) groups excluding carboxylic acids is 2. The predicted octanol–water partition coefficient (Wildman–Crippen LogP) is 6.06. The van der Waals surface area contributed by atoms with Crippen molar-refractivity contribution in [3.05, 3.63) is 53.1 Å². The largest absolute Gasteiger partial charge is 0.493 e. The van der Waals surface area contributed by atoms with Crippen LogP contribution in [0.2, 0.25) is 0 Å². The minimum Gasteiger partial charge on any atom is -0.493 e. The van der Waals surface area contributed by atoms with Gasteiger partial charge in [0.15, 0.2) is 0 Å². The van der Waals surface area contributed by atoms with Crippen molar-refractivity contribution < 1.29 is 34.0 Å². The summed E-state index contributed by atoms with van der Waals surface area (Å²) in [6, 6.07) is 4.14. The molecule has 0 unspecified atom stereocenters. The average Bonchev–Trinajstić information content (AvgIpc) is 2.92. The van der Waals surface area contributed by atoms with E-state index in [1.54, 1.807) is 13.8 Å². The molecule has 0 fully saturated rings. The fraction of sp³-hybridized carbons (Fsp3) is 0.625. The summed E-state index contributed by atoms with van der Waals surface area (Å²) < 4.78 is 16.8. The van der Waals surface area contributed by atoms with Crippen LogP contribution in [0.5, 0.6) is 5.75 Å². The number of unbranched alkanes of at least 4 members (excludes halogenated alkanes) is 1. The Kier molecular flexibility index (Phi) is 18.9. The minimum atomic E-state index is -0.575. The van der Waals surface area contributed by atoms with Crippen molar-refractivity contribution >= 4 is 11.9 Å². The van der Waals surface area contributed by atoms with E-state index in [-0.39, 0.29) is 26.4 Å². The van der Waals surface area contributed by atoms with Crippen molar-refractivity contribution in [1.29, 1.82) is 0 Å². The van der Waals surface area contributed by atoms with Crippen LogP contribution in [0, 0.1) is 12.3 Å². The highest BCUT2D eigenvalue weighted by Crippen LogP contribution is 2.32. The molecule has 0 aliphatic rings. The summed E-state index contributed by atoms with van der Waals surface area (Å²) in [5.74, 6) is -0.0346. The Hall–Kier alpha value is -2.64. The number of benzene rings is 1. The van der Waals surface area contributed by atoms with Crippen LogP contribution >= 0.6 is 0 Å². The van der Waals surface area contributed by atoms with Crippen molar-refractivity contribution in [3.63, 3.8) is 0 Å². The molecule has 0 aliphatic heterocycles. The van der Waals surface area contributed by atoms with E-state index in [4.69, 9.17) is 14.2 Å². The fourth-order valence-electron chi connectivity index (χ4n) is 4.00. The number of aliphatic hydroxyl groups excluding tert-OH is 2. The van der Waals surface area contributed by atoms with Crippen molar-refractivity contribution in [3.8, 4) is 5.75 Å². The molecule has 0 saturated carbocycles. The van der Waals surface area contributed by atoms with E-state index in [1.165, 1.54) is 0 Å². The second-order valence-corrected chi connectivity index (χ2v) is 9.97. The first-order valence-corrected chi connectivity index (χ1v) is 14.2. The molecule has 0 bridgehead atoms. The lowest BCUT2D eigenvalue weighted by molar-refractivity contribution is -0.139. The summed E-state index contributed by atoms with van der Waals surface area (Å²) in [5, 5.41) is 20.0. The van der Waals surface area contributed by atoms with E-state index in [0.717, 1.165) is 41.7 Å². The number of aliphatic hydroxyl groups is 2. The van der Waals surface area contributed by atoms with Crippen molar-refractivity contribution in [2.75, 3.05) is 33.0 Å². The van der Waals surface area contributed by atoms with E-state index in [1.807, 2.05) is 20.8 Å². The van der Waals surface area contributed by atoms with Crippen LogP contribution in [0.15, 0.2) is 36.4 Å². The molecule has 2 N–H and O–H groups in total. The van der Waals surface area contributed by atoms with Crippen LogP contribution < -0.4 is 4.74 Å². The molecule has 0 heterocycles. The van der Waals surface area contributed by atoms with Crippen LogP contribution in [0.3, 0.4) is 0 Å². The molecule has 0 atom stereocenters. The van der Waals surface area contributed by atoms with E-state index < -0.39 is 17.4 Å². The smallest absolute Gasteiger partial charge is 0.333 e. The number of rotatable bonds is 19. The van der Waals surface area contributed by atoms with Gasteiger partial charge < -0.3 is 24.4 Å². The fourth-order valence-corrected chi connectivity index (χ4v) is 4.00. The lowest BCUT2D eigenvalue weighted by Gasteiger charge is -2.30. The second-order valence-electron chi connectivity index (χ2n) is 9.97. The molecular weight excluding hydrogens is 496 g/mol. The summed E-state index contributed by atoms with van der Waals surface area (Å²) in [6.07, 6.45) is 5.73. The molecule has 0 saturated heterocycles. The van der Waals surface area contributed by atoms with Crippen molar-refractivity contribution in [2.45, 2.75) is 92.9 Å². The normalized spacial score (nSPS) is 10.8. The topological polar surface area (TPSA) is 102 Å². The van der Waals surface area contributed by atoms with Crippen LogP contribution in [-0.2, 0) is 31.9 Å².